The number of aryl methyl sites for hydroxylation is 1. The highest BCUT2D eigenvalue weighted by atomic mass is 16.5. The van der Waals surface area contributed by atoms with E-state index >= 15 is 0 Å². The van der Waals surface area contributed by atoms with Gasteiger partial charge in [-0.15, -0.1) is 0 Å². The number of ether oxygens (including phenoxy) is 1. The molecule has 0 fully saturated rings. The van der Waals surface area contributed by atoms with Crippen molar-refractivity contribution in [3.05, 3.63) is 54.0 Å². The van der Waals surface area contributed by atoms with Crippen molar-refractivity contribution in [3.8, 4) is 5.75 Å². The topological polar surface area (TPSA) is 87.9 Å². The Morgan fingerprint density at radius 2 is 2.00 bits per heavy atom. The largest absolute Gasteiger partial charge is 0.489 e. The maximum absolute atomic E-state index is 11.9. The summed E-state index contributed by atoms with van der Waals surface area (Å²) in [6, 6.07) is 11.5. The molecule has 2 rings (SSSR count). The number of hydrogen-bond donors (Lipinski definition) is 3. The molecule has 3 N–H and O–H groups in total. The molecule has 1 atom stereocenters. The number of benzene rings is 1. The van der Waals surface area contributed by atoms with Crippen LogP contribution in [0.1, 0.15) is 18.2 Å². The van der Waals surface area contributed by atoms with Gasteiger partial charge in [-0.3, -0.25) is 9.79 Å². The summed E-state index contributed by atoms with van der Waals surface area (Å²) >= 11 is 0. The van der Waals surface area contributed by atoms with E-state index in [1.807, 2.05) is 44.2 Å². The van der Waals surface area contributed by atoms with Crippen LogP contribution in [0.4, 0.5) is 0 Å². The first-order chi connectivity index (χ1) is 12.6. The van der Waals surface area contributed by atoms with E-state index < -0.39 is 0 Å². The summed E-state index contributed by atoms with van der Waals surface area (Å²) in [4.78, 5) is 16.0. The number of aliphatic imine (C=N–C) groups is 1. The van der Waals surface area contributed by atoms with Gasteiger partial charge in [-0.2, -0.15) is 0 Å². The molecule has 1 amide bonds. The van der Waals surface area contributed by atoms with Crippen LogP contribution in [-0.4, -0.2) is 38.1 Å². The summed E-state index contributed by atoms with van der Waals surface area (Å²) in [6.07, 6.45) is 1.52. The maximum atomic E-state index is 11.9. The molecule has 1 unspecified atom stereocenters. The second-order valence-corrected chi connectivity index (χ2v) is 5.86. The van der Waals surface area contributed by atoms with Crippen LogP contribution in [0, 0.1) is 6.92 Å². The van der Waals surface area contributed by atoms with Gasteiger partial charge in [0.25, 0.3) is 0 Å². The van der Waals surface area contributed by atoms with E-state index in [4.69, 9.17) is 9.15 Å². The molecular formula is C19H26N4O3. The molecule has 140 valence electrons. The first-order valence-electron chi connectivity index (χ1n) is 8.54. The van der Waals surface area contributed by atoms with Crippen LogP contribution >= 0.6 is 0 Å². The van der Waals surface area contributed by atoms with Crippen LogP contribution in [-0.2, 0) is 11.3 Å². The lowest BCUT2D eigenvalue weighted by Gasteiger charge is -2.18. The Kier molecular flexibility index (Phi) is 7.54. The summed E-state index contributed by atoms with van der Waals surface area (Å²) in [5, 5.41) is 8.89. The number of rotatable bonds is 8. The Balaban J connectivity index is 1.68. The van der Waals surface area contributed by atoms with Crippen LogP contribution < -0.4 is 20.7 Å². The van der Waals surface area contributed by atoms with Crippen LogP contribution in [0.5, 0.6) is 5.75 Å². The molecule has 7 heteroatoms. The first-order valence-corrected chi connectivity index (χ1v) is 8.54. The van der Waals surface area contributed by atoms with Gasteiger partial charge in [0.05, 0.1) is 25.9 Å². The van der Waals surface area contributed by atoms with E-state index in [1.165, 1.54) is 0 Å². The lowest BCUT2D eigenvalue weighted by molar-refractivity contribution is -0.120. The van der Waals surface area contributed by atoms with Crippen molar-refractivity contribution < 1.29 is 13.9 Å². The molecule has 0 aliphatic carbocycles. The van der Waals surface area contributed by atoms with Gasteiger partial charge in [0.2, 0.25) is 5.91 Å². The van der Waals surface area contributed by atoms with Gasteiger partial charge in [-0.1, -0.05) is 18.2 Å². The Labute approximate surface area is 153 Å². The zero-order valence-corrected chi connectivity index (χ0v) is 15.4. The highest BCUT2D eigenvalue weighted by Gasteiger charge is 2.08. The molecule has 0 spiro atoms. The third-order valence-electron chi connectivity index (χ3n) is 3.66. The smallest absolute Gasteiger partial charge is 0.239 e. The third kappa shape index (κ3) is 6.51. The number of nitrogens with one attached hydrogen (secondary N) is 3. The van der Waals surface area contributed by atoms with Gasteiger partial charge in [0.15, 0.2) is 5.96 Å². The van der Waals surface area contributed by atoms with E-state index in [1.54, 1.807) is 19.4 Å². The molecule has 0 bridgehead atoms. The second-order valence-electron chi connectivity index (χ2n) is 5.86. The van der Waals surface area contributed by atoms with E-state index in [2.05, 4.69) is 20.9 Å². The summed E-state index contributed by atoms with van der Waals surface area (Å²) in [6.45, 7) is 5.02. The molecule has 1 aromatic heterocycles. The summed E-state index contributed by atoms with van der Waals surface area (Å²) < 4.78 is 11.1. The lowest BCUT2D eigenvalue weighted by atomic mass is 10.2. The quantitative estimate of drug-likeness (QED) is 0.495. The van der Waals surface area contributed by atoms with Gasteiger partial charge in [-0.25, -0.2) is 0 Å². The third-order valence-corrected chi connectivity index (χ3v) is 3.66. The summed E-state index contributed by atoms with van der Waals surface area (Å²) in [5.74, 6) is 1.97. The van der Waals surface area contributed by atoms with E-state index in [0.717, 1.165) is 11.3 Å². The van der Waals surface area contributed by atoms with Gasteiger partial charge in [0, 0.05) is 7.05 Å². The lowest BCUT2D eigenvalue weighted by Crippen LogP contribution is -2.45. The summed E-state index contributed by atoms with van der Waals surface area (Å²) in [7, 11) is 1.66. The minimum Gasteiger partial charge on any atom is -0.489 e. The van der Waals surface area contributed by atoms with Crippen molar-refractivity contribution in [2.24, 2.45) is 4.99 Å². The summed E-state index contributed by atoms with van der Waals surface area (Å²) in [5.41, 5.74) is 1.09. The highest BCUT2D eigenvalue weighted by molar-refractivity contribution is 5.86. The zero-order valence-electron chi connectivity index (χ0n) is 15.4. The van der Waals surface area contributed by atoms with Gasteiger partial charge in [0.1, 0.15) is 17.6 Å². The Morgan fingerprint density at radius 1 is 1.19 bits per heavy atom. The maximum Gasteiger partial charge on any atom is 0.239 e. The predicted molar refractivity (Wildman–Crippen MR) is 101 cm³/mol. The van der Waals surface area contributed by atoms with Crippen molar-refractivity contribution in [1.29, 1.82) is 0 Å². The molecule has 0 aliphatic rings. The molecule has 0 saturated carbocycles. The Morgan fingerprint density at radius 3 is 2.69 bits per heavy atom. The number of hydrogen-bond acceptors (Lipinski definition) is 4. The number of carbonyl (C=O) groups is 1. The SMILES string of the molecule is CN=C(NCC(=O)NCc1ccco1)NCC(C)Oc1ccccc1C. The molecule has 26 heavy (non-hydrogen) atoms. The molecular weight excluding hydrogens is 332 g/mol. The number of amides is 1. The number of carbonyl (C=O) groups excluding carboxylic acids is 1. The monoisotopic (exact) mass is 358 g/mol. The number of furan rings is 1. The van der Waals surface area contributed by atoms with Gasteiger partial charge >= 0.3 is 0 Å². The first kappa shape index (κ1) is 19.4. The molecule has 0 saturated heterocycles. The standard InChI is InChI=1S/C19H26N4O3/c1-14-7-4-5-9-17(14)26-15(2)11-22-19(20-3)23-13-18(24)21-12-16-8-6-10-25-16/h4-10,15H,11-13H2,1-3H3,(H,21,24)(H2,20,22,23). The second kappa shape index (κ2) is 10.1. The fourth-order valence-electron chi connectivity index (χ4n) is 2.23. The van der Waals surface area contributed by atoms with Crippen molar-refractivity contribution in [3.63, 3.8) is 0 Å². The van der Waals surface area contributed by atoms with Gasteiger partial charge in [-0.05, 0) is 37.6 Å². The molecule has 1 heterocycles. The van der Waals surface area contributed by atoms with Gasteiger partial charge < -0.3 is 25.1 Å². The molecule has 0 aliphatic heterocycles. The highest BCUT2D eigenvalue weighted by Crippen LogP contribution is 2.17. The van der Waals surface area contributed by atoms with Crippen LogP contribution in [0.2, 0.25) is 0 Å². The normalized spacial score (nSPS) is 12.3. The molecule has 7 nitrogen and oxygen atoms in total. The Hall–Kier alpha value is -2.96. The van der Waals surface area contributed by atoms with E-state index in [0.29, 0.717) is 24.8 Å². The molecule has 1 aromatic carbocycles. The van der Waals surface area contributed by atoms with Crippen molar-refractivity contribution >= 4 is 11.9 Å². The molecule has 0 radical (unpaired) electrons. The van der Waals surface area contributed by atoms with E-state index in [-0.39, 0.29) is 18.6 Å². The fourth-order valence-corrected chi connectivity index (χ4v) is 2.23. The minimum atomic E-state index is -0.145. The number of para-hydroxylation sites is 1. The van der Waals surface area contributed by atoms with Crippen molar-refractivity contribution in [2.45, 2.75) is 26.5 Å². The van der Waals surface area contributed by atoms with Crippen LogP contribution in [0.3, 0.4) is 0 Å². The average molecular weight is 358 g/mol. The van der Waals surface area contributed by atoms with Crippen LogP contribution in [0.25, 0.3) is 0 Å². The minimum absolute atomic E-state index is 0.0533. The van der Waals surface area contributed by atoms with Crippen molar-refractivity contribution in [1.82, 2.24) is 16.0 Å². The average Bonchev–Trinajstić information content (AvgIpc) is 3.15. The predicted octanol–water partition coefficient (Wildman–Crippen LogP) is 1.84. The Bertz CT molecular complexity index is 713. The van der Waals surface area contributed by atoms with E-state index in [9.17, 15) is 4.79 Å². The zero-order chi connectivity index (χ0) is 18.8. The van der Waals surface area contributed by atoms with Crippen LogP contribution in [0.15, 0.2) is 52.1 Å². The molecule has 2 aromatic rings. The number of guanidine groups is 1. The fraction of sp³-hybridized carbons (Fsp3) is 0.368. The number of nitrogens with zero attached hydrogens (tertiary/aromatic N) is 1. The van der Waals surface area contributed by atoms with Crippen molar-refractivity contribution in [2.75, 3.05) is 20.1 Å².